The monoisotopic (exact) mass is 697 g/mol. The quantitative estimate of drug-likeness (QED) is 0.0219. The highest BCUT2D eigenvalue weighted by Gasteiger charge is 2.19. The standard InChI is InChI=1S/C44H72O6/c1-4-7-10-13-16-19-22-25-28-31-34-37-43(46)49-40-41(39-48-42(45)36-33-30-27-24-21-18-15-12-9-6-3)50-44(47)38-35-32-29-26-23-20-17-14-11-8-5-2/h7,10,14-20,23,25,28,41H,4-6,8-9,11-13,21-22,24,26-27,29-40H2,1-3H3/b10-7-,17-14-,18-15-,19-16-,23-20-,28-25-. The van der Waals surface area contributed by atoms with Gasteiger partial charge in [0, 0.05) is 19.3 Å². The lowest BCUT2D eigenvalue weighted by Gasteiger charge is -2.18. The Balaban J connectivity index is 4.53. The van der Waals surface area contributed by atoms with Gasteiger partial charge in [-0.2, -0.15) is 0 Å². The molecule has 0 aliphatic carbocycles. The van der Waals surface area contributed by atoms with E-state index in [1.165, 1.54) is 25.7 Å². The average molecular weight is 697 g/mol. The SMILES string of the molecule is CC/C=C\C/C=C\C/C=C\CCCC(=O)OCC(COC(=O)CCCCCC/C=C\CCCC)OC(=O)CCCCC/C=C\C=C/CCCC. The van der Waals surface area contributed by atoms with Gasteiger partial charge < -0.3 is 14.2 Å². The molecule has 284 valence electrons. The summed E-state index contributed by atoms with van der Waals surface area (Å²) in [6.07, 6.45) is 46.1. The van der Waals surface area contributed by atoms with Crippen molar-refractivity contribution in [1.82, 2.24) is 0 Å². The maximum atomic E-state index is 12.6. The Hall–Kier alpha value is -3.15. The number of carbonyl (C=O) groups is 3. The summed E-state index contributed by atoms with van der Waals surface area (Å²) in [5, 5.41) is 0. The summed E-state index contributed by atoms with van der Waals surface area (Å²) in [5.41, 5.74) is 0. The first-order valence-corrected chi connectivity index (χ1v) is 20.0. The van der Waals surface area contributed by atoms with Crippen molar-refractivity contribution in [1.29, 1.82) is 0 Å². The van der Waals surface area contributed by atoms with Crippen LogP contribution in [0, 0.1) is 0 Å². The van der Waals surface area contributed by atoms with Gasteiger partial charge in [0.2, 0.25) is 0 Å². The zero-order chi connectivity index (χ0) is 36.6. The molecule has 0 fully saturated rings. The third-order valence-corrected chi connectivity index (χ3v) is 7.94. The molecule has 0 aromatic rings. The van der Waals surface area contributed by atoms with Crippen molar-refractivity contribution in [3.8, 4) is 0 Å². The summed E-state index contributed by atoms with van der Waals surface area (Å²) in [6, 6.07) is 0. The molecule has 0 aromatic heterocycles. The Morgan fingerprint density at radius 2 is 0.860 bits per heavy atom. The molecule has 1 atom stereocenters. The summed E-state index contributed by atoms with van der Waals surface area (Å²) >= 11 is 0. The first kappa shape index (κ1) is 46.9. The van der Waals surface area contributed by atoms with Crippen molar-refractivity contribution in [2.24, 2.45) is 0 Å². The Morgan fingerprint density at radius 3 is 1.46 bits per heavy atom. The van der Waals surface area contributed by atoms with Crippen LogP contribution in [0.25, 0.3) is 0 Å². The van der Waals surface area contributed by atoms with Gasteiger partial charge in [-0.1, -0.05) is 139 Å². The minimum atomic E-state index is -0.809. The van der Waals surface area contributed by atoms with Crippen LogP contribution in [0.2, 0.25) is 0 Å². The van der Waals surface area contributed by atoms with E-state index in [1.54, 1.807) is 0 Å². The van der Waals surface area contributed by atoms with Crippen LogP contribution < -0.4 is 0 Å². The summed E-state index contributed by atoms with van der Waals surface area (Å²) in [6.45, 7) is 6.29. The third kappa shape index (κ3) is 36.1. The van der Waals surface area contributed by atoms with Crippen LogP contribution in [0.1, 0.15) is 168 Å². The third-order valence-electron chi connectivity index (χ3n) is 7.94. The first-order chi connectivity index (χ1) is 24.5. The molecule has 6 heteroatoms. The van der Waals surface area contributed by atoms with Crippen LogP contribution in [0.3, 0.4) is 0 Å². The number of hydrogen-bond donors (Lipinski definition) is 0. The Morgan fingerprint density at radius 1 is 0.440 bits per heavy atom. The lowest BCUT2D eigenvalue weighted by atomic mass is 10.1. The van der Waals surface area contributed by atoms with Crippen molar-refractivity contribution in [2.45, 2.75) is 175 Å². The molecular weight excluding hydrogens is 624 g/mol. The van der Waals surface area contributed by atoms with Crippen LogP contribution in [0.4, 0.5) is 0 Å². The highest BCUT2D eigenvalue weighted by atomic mass is 16.6. The second-order valence-electron chi connectivity index (χ2n) is 12.8. The molecule has 1 unspecified atom stereocenters. The van der Waals surface area contributed by atoms with Crippen LogP contribution in [-0.2, 0) is 28.6 Å². The van der Waals surface area contributed by atoms with Gasteiger partial charge >= 0.3 is 17.9 Å². The zero-order valence-electron chi connectivity index (χ0n) is 32.1. The lowest BCUT2D eigenvalue weighted by Crippen LogP contribution is -2.30. The highest BCUT2D eigenvalue weighted by molar-refractivity contribution is 5.71. The molecule has 6 nitrogen and oxygen atoms in total. The van der Waals surface area contributed by atoms with Gasteiger partial charge in [-0.3, -0.25) is 14.4 Å². The average Bonchev–Trinajstić information content (AvgIpc) is 3.11. The molecule has 0 aromatic carbocycles. The van der Waals surface area contributed by atoms with Crippen molar-refractivity contribution in [2.75, 3.05) is 13.2 Å². The molecule has 0 spiro atoms. The molecule has 0 amide bonds. The molecule has 0 bridgehead atoms. The highest BCUT2D eigenvalue weighted by Crippen LogP contribution is 2.11. The number of hydrogen-bond acceptors (Lipinski definition) is 6. The van der Waals surface area contributed by atoms with E-state index in [4.69, 9.17) is 14.2 Å². The first-order valence-electron chi connectivity index (χ1n) is 20.0. The number of allylic oxidation sites excluding steroid dienone is 12. The zero-order valence-corrected chi connectivity index (χ0v) is 32.1. The molecular formula is C44H72O6. The van der Waals surface area contributed by atoms with Gasteiger partial charge in [-0.05, 0) is 83.5 Å². The molecule has 50 heavy (non-hydrogen) atoms. The van der Waals surface area contributed by atoms with Crippen LogP contribution in [0.5, 0.6) is 0 Å². The predicted octanol–water partition coefficient (Wildman–Crippen LogP) is 12.4. The molecule has 0 rings (SSSR count). The van der Waals surface area contributed by atoms with E-state index in [2.05, 4.69) is 93.7 Å². The molecule has 0 saturated carbocycles. The van der Waals surface area contributed by atoms with E-state index in [1.807, 2.05) is 0 Å². The fraction of sp³-hybridized carbons (Fsp3) is 0.659. The van der Waals surface area contributed by atoms with Crippen molar-refractivity contribution in [3.63, 3.8) is 0 Å². The van der Waals surface area contributed by atoms with Crippen molar-refractivity contribution >= 4 is 17.9 Å². The second kappa shape index (κ2) is 38.6. The maximum absolute atomic E-state index is 12.6. The van der Waals surface area contributed by atoms with Gasteiger partial charge in [-0.15, -0.1) is 0 Å². The number of rotatable bonds is 34. The minimum absolute atomic E-state index is 0.110. The maximum Gasteiger partial charge on any atom is 0.306 e. The number of ether oxygens (including phenoxy) is 3. The molecule has 0 aliphatic heterocycles. The van der Waals surface area contributed by atoms with Gasteiger partial charge in [0.15, 0.2) is 6.10 Å². The smallest absolute Gasteiger partial charge is 0.306 e. The van der Waals surface area contributed by atoms with Gasteiger partial charge in [-0.25, -0.2) is 0 Å². The van der Waals surface area contributed by atoms with Gasteiger partial charge in [0.05, 0.1) is 0 Å². The Bertz CT molecular complexity index is 986. The molecule has 0 N–H and O–H groups in total. The molecule has 0 aliphatic rings. The normalized spacial score (nSPS) is 12.8. The van der Waals surface area contributed by atoms with E-state index < -0.39 is 6.10 Å². The predicted molar refractivity (Wildman–Crippen MR) is 210 cm³/mol. The van der Waals surface area contributed by atoms with Crippen molar-refractivity contribution < 1.29 is 28.6 Å². The summed E-state index contributed by atoms with van der Waals surface area (Å²) in [4.78, 5) is 37.4. The fourth-order valence-electron chi connectivity index (χ4n) is 4.89. The van der Waals surface area contributed by atoms with E-state index in [9.17, 15) is 14.4 Å². The van der Waals surface area contributed by atoms with Crippen molar-refractivity contribution in [3.05, 3.63) is 72.9 Å². The Kier molecular flexibility index (Phi) is 36.2. The van der Waals surface area contributed by atoms with Gasteiger partial charge in [0.25, 0.3) is 0 Å². The molecule has 0 saturated heterocycles. The fourth-order valence-corrected chi connectivity index (χ4v) is 4.89. The summed E-state index contributed by atoms with van der Waals surface area (Å²) < 4.78 is 16.5. The summed E-state index contributed by atoms with van der Waals surface area (Å²) in [5.74, 6) is -1.02. The molecule has 0 radical (unpaired) electrons. The van der Waals surface area contributed by atoms with E-state index in [0.29, 0.717) is 12.8 Å². The number of esters is 3. The van der Waals surface area contributed by atoms with Crippen LogP contribution in [-0.4, -0.2) is 37.2 Å². The molecule has 0 heterocycles. The van der Waals surface area contributed by atoms with Gasteiger partial charge in [0.1, 0.15) is 13.2 Å². The Labute approximate surface area is 306 Å². The topological polar surface area (TPSA) is 78.9 Å². The largest absolute Gasteiger partial charge is 0.462 e. The van der Waals surface area contributed by atoms with E-state index >= 15 is 0 Å². The minimum Gasteiger partial charge on any atom is -0.462 e. The van der Waals surface area contributed by atoms with Crippen LogP contribution >= 0.6 is 0 Å². The lowest BCUT2D eigenvalue weighted by molar-refractivity contribution is -0.167. The number of carbonyl (C=O) groups excluding carboxylic acids is 3. The second-order valence-corrected chi connectivity index (χ2v) is 12.8. The van der Waals surface area contributed by atoms with Crippen LogP contribution in [0.15, 0.2) is 72.9 Å². The summed E-state index contributed by atoms with van der Waals surface area (Å²) in [7, 11) is 0. The van der Waals surface area contributed by atoms with E-state index in [0.717, 1.165) is 96.3 Å². The number of unbranched alkanes of at least 4 members (excludes halogenated alkanes) is 12. The van der Waals surface area contributed by atoms with E-state index in [-0.39, 0.29) is 44.0 Å².